The molecule has 0 aromatic rings. The lowest BCUT2D eigenvalue weighted by Gasteiger charge is -2.35. The Bertz CT molecular complexity index is 332. The van der Waals surface area contributed by atoms with Crippen LogP contribution in [0.3, 0.4) is 0 Å². The van der Waals surface area contributed by atoms with E-state index in [1.165, 1.54) is 0 Å². The molecule has 0 rings (SSSR count). The van der Waals surface area contributed by atoms with E-state index in [0.29, 0.717) is 25.1 Å². The molecule has 1 atom stereocenters. The molecule has 1 amide bonds. The Labute approximate surface area is 146 Å². The van der Waals surface area contributed by atoms with Crippen molar-refractivity contribution in [2.75, 3.05) is 19.8 Å². The Morgan fingerprint density at radius 1 is 1.08 bits per heavy atom. The first-order valence-corrected chi connectivity index (χ1v) is 9.73. The van der Waals surface area contributed by atoms with Gasteiger partial charge in [-0.15, -0.1) is 0 Å². The monoisotopic (exact) mass is 374 g/mol. The number of nitrogens with one attached hydrogen (secondary N) is 1. The highest BCUT2D eigenvalue weighted by molar-refractivity contribution is 7.49. The van der Waals surface area contributed by atoms with Gasteiger partial charge < -0.3 is 9.84 Å². The summed E-state index contributed by atoms with van der Waals surface area (Å²) >= 11 is 0. The molecule has 0 spiro atoms. The first-order chi connectivity index (χ1) is 10.6. The van der Waals surface area contributed by atoms with Gasteiger partial charge in [-0.25, -0.2) is 0 Å². The Morgan fingerprint density at radius 2 is 1.58 bits per heavy atom. The minimum Gasteiger partial charge on any atom is -0.348 e. The molecule has 4 nitrogen and oxygen atoms in total. The van der Waals surface area contributed by atoms with Gasteiger partial charge in [0, 0.05) is 18.6 Å². The molecule has 0 bridgehead atoms. The van der Waals surface area contributed by atoms with Crippen molar-refractivity contribution in [2.24, 2.45) is 0 Å². The standard InChI is InChI=1S/C15H30F3N2O2P.CH4/c1-12(2)20(13(3)4)23(5)22-11-9-7-6-8-10-19-14(21)15(16,17)18;/h12-13H,6-11H2,1-5H3,(H,19,21);1H4. The van der Waals surface area contributed by atoms with Crippen LogP contribution in [0.5, 0.6) is 0 Å². The van der Waals surface area contributed by atoms with Gasteiger partial charge in [-0.2, -0.15) is 13.2 Å². The number of halogens is 3. The molecule has 146 valence electrons. The second-order valence-corrected chi connectivity index (χ2v) is 7.68. The molecule has 0 radical (unpaired) electrons. The van der Waals surface area contributed by atoms with Crippen LogP contribution in [0.15, 0.2) is 0 Å². The van der Waals surface area contributed by atoms with E-state index in [0.717, 1.165) is 19.3 Å². The molecule has 0 aliphatic carbocycles. The fraction of sp³-hybridized carbons (Fsp3) is 0.938. The Kier molecular flexibility index (Phi) is 13.9. The average molecular weight is 374 g/mol. The van der Waals surface area contributed by atoms with Crippen molar-refractivity contribution in [1.82, 2.24) is 9.99 Å². The van der Waals surface area contributed by atoms with Gasteiger partial charge in [-0.3, -0.25) is 9.46 Å². The summed E-state index contributed by atoms with van der Waals surface area (Å²) in [5, 5.41) is 1.87. The number of carbonyl (C=O) groups excluding carboxylic acids is 1. The highest BCUT2D eigenvalue weighted by Gasteiger charge is 2.38. The average Bonchev–Trinajstić information content (AvgIpc) is 2.39. The van der Waals surface area contributed by atoms with Crippen molar-refractivity contribution in [1.29, 1.82) is 0 Å². The summed E-state index contributed by atoms with van der Waals surface area (Å²) in [6.07, 6.45) is -1.70. The lowest BCUT2D eigenvalue weighted by atomic mass is 10.2. The molecule has 8 heteroatoms. The zero-order valence-electron chi connectivity index (χ0n) is 14.7. The molecular formula is C16H34F3N2O2P. The van der Waals surface area contributed by atoms with Crippen LogP contribution < -0.4 is 5.32 Å². The van der Waals surface area contributed by atoms with Gasteiger partial charge in [0.15, 0.2) is 0 Å². The summed E-state index contributed by atoms with van der Waals surface area (Å²) in [7, 11) is -0.621. The summed E-state index contributed by atoms with van der Waals surface area (Å²) in [4.78, 5) is 10.6. The lowest BCUT2D eigenvalue weighted by Crippen LogP contribution is -2.37. The number of unbranched alkanes of at least 4 members (excludes halogenated alkanes) is 3. The summed E-state index contributed by atoms with van der Waals surface area (Å²) in [5.41, 5.74) is 0. The summed E-state index contributed by atoms with van der Waals surface area (Å²) < 4.78 is 44.1. The zero-order chi connectivity index (χ0) is 18.0. The Balaban J connectivity index is 0. The van der Waals surface area contributed by atoms with Gasteiger partial charge in [-0.1, -0.05) is 20.3 Å². The number of rotatable bonds is 11. The minimum atomic E-state index is -4.79. The van der Waals surface area contributed by atoms with Crippen LogP contribution in [0.25, 0.3) is 0 Å². The third-order valence-corrected chi connectivity index (χ3v) is 5.41. The molecule has 0 aromatic carbocycles. The second-order valence-electron chi connectivity index (χ2n) is 6.03. The van der Waals surface area contributed by atoms with Crippen LogP contribution in [0.1, 0.15) is 60.8 Å². The van der Waals surface area contributed by atoms with Crippen molar-refractivity contribution in [3.05, 3.63) is 0 Å². The quantitative estimate of drug-likeness (QED) is 0.411. The van der Waals surface area contributed by atoms with Gasteiger partial charge in [0.25, 0.3) is 0 Å². The van der Waals surface area contributed by atoms with Crippen molar-refractivity contribution < 1.29 is 22.5 Å². The van der Waals surface area contributed by atoms with E-state index in [2.05, 4.69) is 39.0 Å². The molecule has 0 saturated heterocycles. The van der Waals surface area contributed by atoms with E-state index in [9.17, 15) is 18.0 Å². The molecule has 24 heavy (non-hydrogen) atoms. The highest BCUT2D eigenvalue weighted by Crippen LogP contribution is 2.40. The van der Waals surface area contributed by atoms with Crippen LogP contribution in [-0.2, 0) is 9.32 Å². The van der Waals surface area contributed by atoms with Gasteiger partial charge >= 0.3 is 12.1 Å². The molecule has 0 aliphatic heterocycles. The molecule has 0 aromatic heterocycles. The minimum absolute atomic E-state index is 0. The van der Waals surface area contributed by atoms with E-state index in [-0.39, 0.29) is 14.0 Å². The number of alkyl halides is 3. The van der Waals surface area contributed by atoms with Crippen molar-refractivity contribution in [3.63, 3.8) is 0 Å². The molecule has 1 N–H and O–H groups in total. The number of hydrogen-bond acceptors (Lipinski definition) is 3. The largest absolute Gasteiger partial charge is 0.471 e. The van der Waals surface area contributed by atoms with E-state index < -0.39 is 20.4 Å². The highest BCUT2D eigenvalue weighted by atomic mass is 31.2. The second kappa shape index (κ2) is 12.9. The number of amides is 1. The van der Waals surface area contributed by atoms with Gasteiger partial charge in [0.2, 0.25) is 0 Å². The first-order valence-electron chi connectivity index (χ1n) is 8.07. The Morgan fingerprint density at radius 3 is 2.04 bits per heavy atom. The summed E-state index contributed by atoms with van der Waals surface area (Å²) in [6, 6.07) is 0.867. The first kappa shape index (κ1) is 25.8. The maximum absolute atomic E-state index is 11.9. The zero-order valence-corrected chi connectivity index (χ0v) is 15.6. The normalized spacial score (nSPS) is 13.3. The van der Waals surface area contributed by atoms with Gasteiger partial charge in [0.1, 0.15) is 8.30 Å². The third kappa shape index (κ3) is 11.2. The number of nitrogens with zero attached hydrogens (tertiary/aromatic N) is 1. The smallest absolute Gasteiger partial charge is 0.348 e. The van der Waals surface area contributed by atoms with Crippen LogP contribution in [0.4, 0.5) is 13.2 Å². The molecule has 0 saturated carbocycles. The SMILES string of the molecule is C.CC(C)N(C(C)C)P(C)OCCCCCCNC(=O)C(F)(F)F. The predicted octanol–water partition coefficient (Wildman–Crippen LogP) is 4.94. The molecule has 0 heterocycles. The van der Waals surface area contributed by atoms with Gasteiger partial charge in [-0.05, 0) is 47.2 Å². The third-order valence-electron chi connectivity index (χ3n) is 3.28. The van der Waals surface area contributed by atoms with E-state index in [1.807, 2.05) is 5.32 Å². The maximum Gasteiger partial charge on any atom is 0.471 e. The van der Waals surface area contributed by atoms with Crippen molar-refractivity contribution in [3.8, 4) is 0 Å². The topological polar surface area (TPSA) is 41.6 Å². The molecule has 0 aliphatic rings. The maximum atomic E-state index is 11.9. The van der Waals surface area contributed by atoms with Crippen LogP contribution >= 0.6 is 8.30 Å². The lowest BCUT2D eigenvalue weighted by molar-refractivity contribution is -0.173. The van der Waals surface area contributed by atoms with Crippen LogP contribution in [0.2, 0.25) is 0 Å². The van der Waals surface area contributed by atoms with Gasteiger partial charge in [0.05, 0.1) is 6.61 Å². The fourth-order valence-corrected chi connectivity index (χ4v) is 4.22. The number of carbonyl (C=O) groups is 1. The summed E-state index contributed by atoms with van der Waals surface area (Å²) in [6.45, 7) is 11.4. The number of hydrogen-bond donors (Lipinski definition) is 1. The van der Waals surface area contributed by atoms with E-state index in [1.54, 1.807) is 0 Å². The fourth-order valence-electron chi connectivity index (χ4n) is 2.39. The summed E-state index contributed by atoms with van der Waals surface area (Å²) in [5.74, 6) is -1.86. The molecule has 0 fully saturated rings. The predicted molar refractivity (Wildman–Crippen MR) is 95.2 cm³/mol. The Hall–Kier alpha value is -0.390. The molecular weight excluding hydrogens is 340 g/mol. The van der Waals surface area contributed by atoms with E-state index >= 15 is 0 Å². The van der Waals surface area contributed by atoms with E-state index in [4.69, 9.17) is 4.52 Å². The van der Waals surface area contributed by atoms with Crippen LogP contribution in [-0.4, -0.2) is 48.7 Å². The van der Waals surface area contributed by atoms with Crippen LogP contribution in [0, 0.1) is 0 Å². The molecule has 1 unspecified atom stereocenters. The van der Waals surface area contributed by atoms with Crippen molar-refractivity contribution >= 4 is 14.2 Å². The van der Waals surface area contributed by atoms with Crippen molar-refractivity contribution in [2.45, 2.75) is 79.1 Å².